The highest BCUT2D eigenvalue weighted by atomic mass is 35.5. The van der Waals surface area contributed by atoms with Crippen molar-refractivity contribution in [1.82, 2.24) is 5.43 Å². The van der Waals surface area contributed by atoms with E-state index in [0.29, 0.717) is 21.4 Å². The number of rotatable bonds is 9. The average molecular weight is 507 g/mol. The molecule has 0 aliphatic heterocycles. The summed E-state index contributed by atoms with van der Waals surface area (Å²) in [4.78, 5) is 24.9. The van der Waals surface area contributed by atoms with Crippen LogP contribution in [0.3, 0.4) is 0 Å². The molecule has 178 valence electrons. The van der Waals surface area contributed by atoms with E-state index in [4.69, 9.17) is 21.1 Å². The number of hydrogen-bond donors (Lipinski definition) is 1. The Balaban J connectivity index is 1.26. The van der Waals surface area contributed by atoms with E-state index in [2.05, 4.69) is 17.5 Å². The summed E-state index contributed by atoms with van der Waals surface area (Å²) in [6, 6.07) is 22.0. The number of amides is 1. The quantitative estimate of drug-likeness (QED) is 0.126. The number of carbonyl (C=O) groups excluding carboxylic acids is 2. The Bertz CT molecular complexity index is 1350. The predicted octanol–water partition coefficient (Wildman–Crippen LogP) is 6.26. The maximum Gasteiger partial charge on any atom is 0.355 e. The molecule has 0 unspecified atom stereocenters. The molecule has 0 aliphatic rings. The summed E-state index contributed by atoms with van der Waals surface area (Å²) in [7, 11) is 0. The van der Waals surface area contributed by atoms with Gasteiger partial charge in [0.2, 0.25) is 0 Å². The van der Waals surface area contributed by atoms with Gasteiger partial charge in [-0.15, -0.1) is 11.3 Å². The SMILES string of the molecule is CCCc1ccc(OCC(=O)N/N=C\c2ccc(OC(=O)c3sc4ccccc4c3Cl)cc2)cc1. The minimum atomic E-state index is -0.509. The van der Waals surface area contributed by atoms with Crippen LogP contribution in [0.1, 0.15) is 34.1 Å². The summed E-state index contributed by atoms with van der Waals surface area (Å²) in [5.74, 6) is 0.128. The molecule has 1 amide bonds. The second-order valence-electron chi connectivity index (χ2n) is 7.68. The van der Waals surface area contributed by atoms with Crippen molar-refractivity contribution in [3.8, 4) is 11.5 Å². The zero-order valence-corrected chi connectivity index (χ0v) is 20.6. The van der Waals surface area contributed by atoms with Gasteiger partial charge in [0.25, 0.3) is 5.91 Å². The molecule has 0 bridgehead atoms. The van der Waals surface area contributed by atoms with E-state index < -0.39 is 5.97 Å². The third-order valence-electron chi connectivity index (χ3n) is 5.05. The first kappa shape index (κ1) is 24.4. The Labute approximate surface area is 212 Å². The summed E-state index contributed by atoms with van der Waals surface area (Å²) in [5.41, 5.74) is 4.38. The largest absolute Gasteiger partial charge is 0.484 e. The molecule has 0 aliphatic carbocycles. The summed E-state index contributed by atoms with van der Waals surface area (Å²) < 4.78 is 11.9. The Kier molecular flexibility index (Phi) is 8.13. The van der Waals surface area contributed by atoms with Crippen LogP contribution in [0.4, 0.5) is 0 Å². The molecule has 0 radical (unpaired) electrons. The molecular weight excluding hydrogens is 484 g/mol. The van der Waals surface area contributed by atoms with Gasteiger partial charge in [-0.1, -0.05) is 55.3 Å². The Morgan fingerprint density at radius 2 is 1.71 bits per heavy atom. The van der Waals surface area contributed by atoms with Crippen LogP contribution in [-0.2, 0) is 11.2 Å². The number of ether oxygens (including phenoxy) is 2. The number of carbonyl (C=O) groups is 2. The number of fused-ring (bicyclic) bond motifs is 1. The van der Waals surface area contributed by atoms with Crippen LogP contribution in [0.25, 0.3) is 10.1 Å². The second-order valence-corrected chi connectivity index (χ2v) is 9.11. The van der Waals surface area contributed by atoms with Crippen molar-refractivity contribution in [3.63, 3.8) is 0 Å². The summed E-state index contributed by atoms with van der Waals surface area (Å²) in [6.07, 6.45) is 3.58. The molecule has 4 rings (SSSR count). The van der Waals surface area contributed by atoms with Crippen molar-refractivity contribution >= 4 is 51.1 Å². The van der Waals surface area contributed by atoms with Gasteiger partial charge in [0.1, 0.15) is 16.4 Å². The van der Waals surface area contributed by atoms with E-state index in [-0.39, 0.29) is 12.5 Å². The fourth-order valence-corrected chi connectivity index (χ4v) is 4.71. The highest BCUT2D eigenvalue weighted by Crippen LogP contribution is 2.35. The minimum Gasteiger partial charge on any atom is -0.484 e. The van der Waals surface area contributed by atoms with Crippen LogP contribution in [0.15, 0.2) is 77.9 Å². The van der Waals surface area contributed by atoms with Crippen LogP contribution in [0, 0.1) is 0 Å². The van der Waals surface area contributed by atoms with Crippen molar-refractivity contribution in [2.45, 2.75) is 19.8 Å². The first-order valence-corrected chi connectivity index (χ1v) is 12.3. The number of esters is 1. The van der Waals surface area contributed by atoms with Gasteiger partial charge < -0.3 is 9.47 Å². The fourth-order valence-electron chi connectivity index (χ4n) is 3.32. The van der Waals surface area contributed by atoms with Gasteiger partial charge in [0, 0.05) is 10.1 Å². The smallest absolute Gasteiger partial charge is 0.355 e. The molecule has 0 fully saturated rings. The zero-order valence-electron chi connectivity index (χ0n) is 19.0. The maximum atomic E-state index is 12.6. The van der Waals surface area contributed by atoms with E-state index >= 15 is 0 Å². The average Bonchev–Trinajstić information content (AvgIpc) is 3.21. The topological polar surface area (TPSA) is 77.0 Å². The van der Waals surface area contributed by atoms with Crippen LogP contribution in [0.5, 0.6) is 11.5 Å². The summed E-state index contributed by atoms with van der Waals surface area (Å²) in [5, 5.41) is 5.16. The lowest BCUT2D eigenvalue weighted by Gasteiger charge is -2.06. The maximum absolute atomic E-state index is 12.6. The second kappa shape index (κ2) is 11.6. The minimum absolute atomic E-state index is 0.139. The van der Waals surface area contributed by atoms with Gasteiger partial charge in [-0.2, -0.15) is 5.10 Å². The number of thiophene rings is 1. The number of halogens is 1. The van der Waals surface area contributed by atoms with E-state index in [9.17, 15) is 9.59 Å². The van der Waals surface area contributed by atoms with Crippen molar-refractivity contribution < 1.29 is 19.1 Å². The highest BCUT2D eigenvalue weighted by Gasteiger charge is 2.18. The molecule has 0 spiro atoms. The molecule has 1 heterocycles. The third-order valence-corrected chi connectivity index (χ3v) is 6.70. The van der Waals surface area contributed by atoms with E-state index in [1.807, 2.05) is 48.5 Å². The van der Waals surface area contributed by atoms with Gasteiger partial charge >= 0.3 is 5.97 Å². The molecule has 4 aromatic rings. The summed E-state index contributed by atoms with van der Waals surface area (Å²) in [6.45, 7) is 1.99. The molecule has 3 aromatic carbocycles. The number of nitrogens with zero attached hydrogens (tertiary/aromatic N) is 1. The van der Waals surface area contributed by atoms with Crippen molar-refractivity contribution in [2.75, 3.05) is 6.61 Å². The van der Waals surface area contributed by atoms with E-state index in [0.717, 1.165) is 28.5 Å². The molecule has 1 N–H and O–H groups in total. The van der Waals surface area contributed by atoms with Crippen molar-refractivity contribution in [3.05, 3.63) is 93.8 Å². The van der Waals surface area contributed by atoms with Gasteiger partial charge in [-0.05, 0) is 60.0 Å². The first-order chi connectivity index (χ1) is 17.0. The molecular formula is C27H23ClN2O4S. The normalized spacial score (nSPS) is 11.0. The van der Waals surface area contributed by atoms with Gasteiger partial charge in [0.15, 0.2) is 6.61 Å². The van der Waals surface area contributed by atoms with Gasteiger partial charge in [-0.25, -0.2) is 10.2 Å². The summed E-state index contributed by atoms with van der Waals surface area (Å²) >= 11 is 7.64. The van der Waals surface area contributed by atoms with Crippen LogP contribution in [0.2, 0.25) is 5.02 Å². The highest BCUT2D eigenvalue weighted by molar-refractivity contribution is 7.21. The lowest BCUT2D eigenvalue weighted by atomic mass is 10.1. The Morgan fingerprint density at radius 3 is 2.43 bits per heavy atom. The number of benzene rings is 3. The lowest BCUT2D eigenvalue weighted by molar-refractivity contribution is -0.123. The Morgan fingerprint density at radius 1 is 1.00 bits per heavy atom. The molecule has 0 saturated carbocycles. The Hall–Kier alpha value is -3.68. The van der Waals surface area contributed by atoms with Crippen LogP contribution in [-0.4, -0.2) is 24.7 Å². The predicted molar refractivity (Wildman–Crippen MR) is 140 cm³/mol. The number of nitrogens with one attached hydrogen (secondary N) is 1. The fraction of sp³-hybridized carbons (Fsp3) is 0.148. The van der Waals surface area contributed by atoms with Crippen molar-refractivity contribution in [2.24, 2.45) is 5.10 Å². The standard InChI is InChI=1S/C27H23ClN2O4S/c1-2-5-18-8-12-20(13-9-18)33-17-24(31)30-29-16-19-10-14-21(15-11-19)34-27(32)26-25(28)22-6-3-4-7-23(22)35-26/h3-4,6-16H,2,5,17H2,1H3,(H,30,31)/b29-16-. The molecule has 6 nitrogen and oxygen atoms in total. The lowest BCUT2D eigenvalue weighted by Crippen LogP contribution is -2.24. The first-order valence-electron chi connectivity index (χ1n) is 11.1. The van der Waals surface area contributed by atoms with Crippen molar-refractivity contribution in [1.29, 1.82) is 0 Å². The number of hydrogen-bond acceptors (Lipinski definition) is 6. The monoisotopic (exact) mass is 506 g/mol. The molecule has 0 saturated heterocycles. The van der Waals surface area contributed by atoms with E-state index in [1.165, 1.54) is 23.1 Å². The number of aryl methyl sites for hydroxylation is 1. The number of hydrazone groups is 1. The third kappa shape index (κ3) is 6.47. The molecule has 0 atom stereocenters. The zero-order chi connectivity index (χ0) is 24.6. The molecule has 8 heteroatoms. The molecule has 35 heavy (non-hydrogen) atoms. The van der Waals surface area contributed by atoms with Crippen LogP contribution >= 0.6 is 22.9 Å². The van der Waals surface area contributed by atoms with Gasteiger partial charge in [-0.3, -0.25) is 4.79 Å². The van der Waals surface area contributed by atoms with E-state index in [1.54, 1.807) is 24.3 Å². The van der Waals surface area contributed by atoms with Crippen LogP contribution < -0.4 is 14.9 Å². The van der Waals surface area contributed by atoms with Gasteiger partial charge in [0.05, 0.1) is 11.2 Å². The molecule has 1 aromatic heterocycles.